The van der Waals surface area contributed by atoms with Crippen LogP contribution in [0.5, 0.6) is 0 Å². The molecule has 1 amide bonds. The number of halogens is 1. The highest BCUT2D eigenvalue weighted by Gasteiger charge is 2.10. The number of hydrogen-bond acceptors (Lipinski definition) is 3. The largest absolute Gasteiger partial charge is 0.369 e. The Bertz CT molecular complexity index is 395. The van der Waals surface area contributed by atoms with E-state index in [-0.39, 0.29) is 24.8 Å². The third kappa shape index (κ3) is 4.13. The molecule has 1 aromatic rings. The summed E-state index contributed by atoms with van der Waals surface area (Å²) in [4.78, 5) is 12.7. The first-order chi connectivity index (χ1) is 8.06. The highest BCUT2D eigenvalue weighted by Crippen LogP contribution is 2.13. The van der Waals surface area contributed by atoms with Crippen LogP contribution in [0.25, 0.3) is 0 Å². The van der Waals surface area contributed by atoms with Crippen LogP contribution in [-0.4, -0.2) is 23.9 Å². The molecule has 94 valence electrons. The van der Waals surface area contributed by atoms with Crippen molar-refractivity contribution >= 4 is 5.91 Å². The Hall–Kier alpha value is -1.46. The second kappa shape index (κ2) is 6.32. The number of benzene rings is 1. The second-order valence-corrected chi connectivity index (χ2v) is 3.89. The molecule has 1 aromatic carbocycles. The van der Waals surface area contributed by atoms with Crippen molar-refractivity contribution in [1.82, 2.24) is 4.90 Å². The van der Waals surface area contributed by atoms with E-state index in [0.29, 0.717) is 13.1 Å². The Morgan fingerprint density at radius 1 is 1.41 bits per heavy atom. The Labute approximate surface area is 100 Å². The van der Waals surface area contributed by atoms with Crippen LogP contribution in [-0.2, 0) is 17.9 Å². The Morgan fingerprint density at radius 3 is 2.65 bits per heavy atom. The van der Waals surface area contributed by atoms with Gasteiger partial charge in [-0.25, -0.2) is 4.39 Å². The topological polar surface area (TPSA) is 72.3 Å². The van der Waals surface area contributed by atoms with Gasteiger partial charge in [0.2, 0.25) is 5.91 Å². The molecule has 4 N–H and O–H groups in total. The number of carbonyl (C=O) groups is 1. The predicted molar refractivity (Wildman–Crippen MR) is 64.4 cm³/mol. The van der Waals surface area contributed by atoms with Crippen LogP contribution >= 0.6 is 0 Å². The van der Waals surface area contributed by atoms with Crippen molar-refractivity contribution < 1.29 is 9.18 Å². The minimum atomic E-state index is -0.372. The zero-order valence-corrected chi connectivity index (χ0v) is 9.95. The first-order valence-corrected chi connectivity index (χ1v) is 5.54. The van der Waals surface area contributed by atoms with Crippen molar-refractivity contribution in [3.63, 3.8) is 0 Å². The SMILES string of the molecule is CCN(CC(N)=O)Cc1ccc(F)cc1CN. The first kappa shape index (κ1) is 13.6. The van der Waals surface area contributed by atoms with Crippen molar-refractivity contribution in [2.24, 2.45) is 11.5 Å². The van der Waals surface area contributed by atoms with Gasteiger partial charge in [0.05, 0.1) is 6.54 Å². The molecule has 0 aliphatic heterocycles. The molecule has 4 nitrogen and oxygen atoms in total. The normalized spacial score (nSPS) is 10.8. The molecule has 0 spiro atoms. The van der Waals surface area contributed by atoms with E-state index in [1.807, 2.05) is 11.8 Å². The Balaban J connectivity index is 2.81. The molecule has 17 heavy (non-hydrogen) atoms. The summed E-state index contributed by atoms with van der Waals surface area (Å²) in [6.45, 7) is 3.66. The summed E-state index contributed by atoms with van der Waals surface area (Å²) in [5, 5.41) is 0. The van der Waals surface area contributed by atoms with Crippen molar-refractivity contribution in [3.05, 3.63) is 35.1 Å². The molecule has 0 saturated heterocycles. The summed E-state index contributed by atoms with van der Waals surface area (Å²) in [7, 11) is 0. The standard InChI is InChI=1S/C12H18FN3O/c1-2-16(8-12(15)17)7-9-3-4-11(13)5-10(9)6-14/h3-5H,2,6-8,14H2,1H3,(H2,15,17). The zero-order chi connectivity index (χ0) is 12.8. The van der Waals surface area contributed by atoms with E-state index >= 15 is 0 Å². The van der Waals surface area contributed by atoms with E-state index in [4.69, 9.17) is 11.5 Å². The number of hydrogen-bond donors (Lipinski definition) is 2. The fourth-order valence-corrected chi connectivity index (χ4v) is 1.68. The molecule has 0 atom stereocenters. The lowest BCUT2D eigenvalue weighted by Crippen LogP contribution is -2.33. The van der Waals surface area contributed by atoms with Gasteiger partial charge in [0, 0.05) is 13.1 Å². The number of nitrogens with two attached hydrogens (primary N) is 2. The number of primary amides is 1. The fourth-order valence-electron chi connectivity index (χ4n) is 1.68. The van der Waals surface area contributed by atoms with E-state index in [9.17, 15) is 9.18 Å². The third-order valence-corrected chi connectivity index (χ3v) is 2.61. The molecule has 5 heteroatoms. The van der Waals surface area contributed by atoms with E-state index in [1.165, 1.54) is 12.1 Å². The smallest absolute Gasteiger partial charge is 0.231 e. The third-order valence-electron chi connectivity index (χ3n) is 2.61. The molecule has 1 rings (SSSR count). The molecule has 0 aromatic heterocycles. The number of likely N-dealkylation sites (N-methyl/N-ethyl adjacent to an activating group) is 1. The zero-order valence-electron chi connectivity index (χ0n) is 9.95. The van der Waals surface area contributed by atoms with Crippen molar-refractivity contribution in [3.8, 4) is 0 Å². The molecular formula is C12H18FN3O. The minimum Gasteiger partial charge on any atom is -0.369 e. The number of nitrogens with zero attached hydrogens (tertiary/aromatic N) is 1. The lowest BCUT2D eigenvalue weighted by molar-refractivity contribution is -0.119. The van der Waals surface area contributed by atoms with Crippen molar-refractivity contribution in [1.29, 1.82) is 0 Å². The molecule has 0 aliphatic rings. The van der Waals surface area contributed by atoms with Gasteiger partial charge in [0.15, 0.2) is 0 Å². The average molecular weight is 239 g/mol. The fraction of sp³-hybridized carbons (Fsp3) is 0.417. The summed E-state index contributed by atoms with van der Waals surface area (Å²) >= 11 is 0. The van der Waals surface area contributed by atoms with Crippen LogP contribution in [0.15, 0.2) is 18.2 Å². The van der Waals surface area contributed by atoms with Gasteiger partial charge in [-0.15, -0.1) is 0 Å². The molecule has 0 bridgehead atoms. The van der Waals surface area contributed by atoms with Gasteiger partial charge in [-0.2, -0.15) is 0 Å². The molecule has 0 unspecified atom stereocenters. The number of rotatable bonds is 6. The molecule has 0 fully saturated rings. The van der Waals surface area contributed by atoms with Gasteiger partial charge in [-0.1, -0.05) is 13.0 Å². The van der Waals surface area contributed by atoms with Crippen LogP contribution in [0.1, 0.15) is 18.1 Å². The van der Waals surface area contributed by atoms with Gasteiger partial charge in [-0.3, -0.25) is 9.69 Å². The van der Waals surface area contributed by atoms with Crippen molar-refractivity contribution in [2.75, 3.05) is 13.1 Å². The summed E-state index contributed by atoms with van der Waals surface area (Å²) in [5.41, 5.74) is 12.4. The lowest BCUT2D eigenvalue weighted by Gasteiger charge is -2.20. The molecule has 0 radical (unpaired) electrons. The second-order valence-electron chi connectivity index (χ2n) is 3.89. The van der Waals surface area contributed by atoms with E-state index < -0.39 is 0 Å². The maximum atomic E-state index is 13.0. The number of amides is 1. The Kier molecular flexibility index (Phi) is 5.06. The molecule has 0 heterocycles. The predicted octanol–water partition coefficient (Wildman–Crippen LogP) is 0.592. The number of carbonyl (C=O) groups excluding carboxylic acids is 1. The lowest BCUT2D eigenvalue weighted by atomic mass is 10.1. The van der Waals surface area contributed by atoms with Crippen LogP contribution in [0.4, 0.5) is 4.39 Å². The Morgan fingerprint density at radius 2 is 2.12 bits per heavy atom. The van der Waals surface area contributed by atoms with E-state index in [1.54, 1.807) is 6.07 Å². The minimum absolute atomic E-state index is 0.192. The molecular weight excluding hydrogens is 221 g/mol. The van der Waals surface area contributed by atoms with Gasteiger partial charge in [0.1, 0.15) is 5.82 Å². The van der Waals surface area contributed by atoms with Gasteiger partial charge in [-0.05, 0) is 29.8 Å². The van der Waals surface area contributed by atoms with Crippen molar-refractivity contribution in [2.45, 2.75) is 20.0 Å². The average Bonchev–Trinajstić information content (AvgIpc) is 2.29. The maximum absolute atomic E-state index is 13.0. The summed E-state index contributed by atoms with van der Waals surface area (Å²) in [6.07, 6.45) is 0. The van der Waals surface area contributed by atoms with Crippen LogP contribution < -0.4 is 11.5 Å². The van der Waals surface area contributed by atoms with Crippen LogP contribution in [0.2, 0.25) is 0 Å². The monoisotopic (exact) mass is 239 g/mol. The summed E-state index contributed by atoms with van der Waals surface area (Å²) in [6, 6.07) is 4.52. The summed E-state index contributed by atoms with van der Waals surface area (Å²) in [5.74, 6) is -0.671. The van der Waals surface area contributed by atoms with E-state index in [0.717, 1.165) is 11.1 Å². The van der Waals surface area contributed by atoms with E-state index in [2.05, 4.69) is 0 Å². The van der Waals surface area contributed by atoms with Gasteiger partial charge in [0.25, 0.3) is 0 Å². The van der Waals surface area contributed by atoms with Gasteiger partial charge < -0.3 is 11.5 Å². The summed E-state index contributed by atoms with van der Waals surface area (Å²) < 4.78 is 13.0. The molecule has 0 aliphatic carbocycles. The van der Waals surface area contributed by atoms with Crippen LogP contribution in [0.3, 0.4) is 0 Å². The highest BCUT2D eigenvalue weighted by molar-refractivity contribution is 5.75. The molecule has 0 saturated carbocycles. The van der Waals surface area contributed by atoms with Crippen LogP contribution in [0, 0.1) is 5.82 Å². The quantitative estimate of drug-likeness (QED) is 0.763. The first-order valence-electron chi connectivity index (χ1n) is 5.54. The highest BCUT2D eigenvalue weighted by atomic mass is 19.1. The van der Waals surface area contributed by atoms with Gasteiger partial charge >= 0.3 is 0 Å². The maximum Gasteiger partial charge on any atom is 0.231 e.